The van der Waals surface area contributed by atoms with Crippen LogP contribution < -0.4 is 4.74 Å². The SMILES string of the molecule is Cn1c2ccncc2c2ccc(-c3ccc(O[C@H]4C[C@H](OC5CCN(CCCO)CC5)C4)nc3)cc21. The lowest BCUT2D eigenvalue weighted by Crippen LogP contribution is -2.44. The van der Waals surface area contributed by atoms with E-state index in [0.717, 1.165) is 62.9 Å². The van der Waals surface area contributed by atoms with Crippen molar-refractivity contribution in [2.75, 3.05) is 26.2 Å². The Labute approximate surface area is 211 Å². The number of hydrogen-bond acceptors (Lipinski definition) is 6. The van der Waals surface area contributed by atoms with Crippen molar-refractivity contribution in [1.29, 1.82) is 0 Å². The molecule has 7 nitrogen and oxygen atoms in total. The zero-order chi connectivity index (χ0) is 24.5. The van der Waals surface area contributed by atoms with Gasteiger partial charge >= 0.3 is 0 Å². The van der Waals surface area contributed by atoms with Crippen molar-refractivity contribution in [1.82, 2.24) is 19.4 Å². The van der Waals surface area contributed by atoms with E-state index in [1.807, 2.05) is 24.7 Å². The van der Waals surface area contributed by atoms with E-state index in [4.69, 9.17) is 14.6 Å². The average Bonchev–Trinajstić information content (AvgIpc) is 3.19. The van der Waals surface area contributed by atoms with Gasteiger partial charge in [0.25, 0.3) is 0 Å². The lowest BCUT2D eigenvalue weighted by atomic mass is 9.91. The highest BCUT2D eigenvalue weighted by Gasteiger charge is 2.34. The minimum Gasteiger partial charge on any atom is -0.474 e. The first-order chi connectivity index (χ1) is 17.7. The van der Waals surface area contributed by atoms with Crippen molar-refractivity contribution in [3.05, 3.63) is 55.0 Å². The summed E-state index contributed by atoms with van der Waals surface area (Å²) in [5.41, 5.74) is 4.59. The van der Waals surface area contributed by atoms with Gasteiger partial charge in [0.05, 0.1) is 17.7 Å². The minimum absolute atomic E-state index is 0.179. The molecule has 0 unspecified atom stereocenters. The van der Waals surface area contributed by atoms with Crippen LogP contribution in [0.5, 0.6) is 5.88 Å². The molecule has 1 aliphatic carbocycles. The molecular formula is C29H34N4O3. The number of likely N-dealkylation sites (tertiary alicyclic amines) is 1. The zero-order valence-corrected chi connectivity index (χ0v) is 20.8. The van der Waals surface area contributed by atoms with Gasteiger partial charge in [0, 0.05) is 92.6 Å². The van der Waals surface area contributed by atoms with Gasteiger partial charge < -0.3 is 24.0 Å². The number of rotatable bonds is 8. The van der Waals surface area contributed by atoms with Crippen molar-refractivity contribution in [2.24, 2.45) is 7.05 Å². The maximum Gasteiger partial charge on any atom is 0.213 e. The van der Waals surface area contributed by atoms with Crippen LogP contribution in [0.25, 0.3) is 32.9 Å². The Morgan fingerprint density at radius 2 is 1.75 bits per heavy atom. The van der Waals surface area contributed by atoms with Crippen molar-refractivity contribution >= 4 is 21.8 Å². The highest BCUT2D eigenvalue weighted by atomic mass is 16.5. The Kier molecular flexibility index (Phi) is 6.61. The second kappa shape index (κ2) is 10.2. The molecule has 0 bridgehead atoms. The first-order valence-electron chi connectivity index (χ1n) is 13.1. The Balaban J connectivity index is 1.02. The summed E-state index contributed by atoms with van der Waals surface area (Å²) in [5, 5.41) is 11.4. The van der Waals surface area contributed by atoms with Gasteiger partial charge in [0.2, 0.25) is 5.88 Å². The van der Waals surface area contributed by atoms with Gasteiger partial charge in [0.15, 0.2) is 0 Å². The predicted octanol–water partition coefficient (Wildman–Crippen LogP) is 4.56. The summed E-state index contributed by atoms with van der Waals surface area (Å²) in [6.07, 6.45) is 11.4. The molecule has 1 saturated heterocycles. The molecule has 188 valence electrons. The number of benzene rings is 1. The Morgan fingerprint density at radius 3 is 2.53 bits per heavy atom. The van der Waals surface area contributed by atoms with Gasteiger partial charge in [0.1, 0.15) is 6.10 Å². The smallest absolute Gasteiger partial charge is 0.213 e. The van der Waals surface area contributed by atoms with Crippen LogP contribution in [0.15, 0.2) is 55.0 Å². The number of aryl methyl sites for hydroxylation is 1. The summed E-state index contributed by atoms with van der Waals surface area (Å²) in [4.78, 5) is 11.3. The third-order valence-electron chi connectivity index (χ3n) is 7.77. The molecule has 2 aliphatic rings. The van der Waals surface area contributed by atoms with Gasteiger partial charge in [-0.25, -0.2) is 4.98 Å². The van der Waals surface area contributed by atoms with E-state index in [0.29, 0.717) is 18.1 Å². The van der Waals surface area contributed by atoms with E-state index in [1.165, 1.54) is 21.8 Å². The second-order valence-electron chi connectivity index (χ2n) is 10.2. The fourth-order valence-electron chi connectivity index (χ4n) is 5.59. The molecule has 4 heterocycles. The number of nitrogens with zero attached hydrogens (tertiary/aromatic N) is 4. The van der Waals surface area contributed by atoms with E-state index < -0.39 is 0 Å². The highest BCUT2D eigenvalue weighted by molar-refractivity contribution is 6.08. The molecular weight excluding hydrogens is 452 g/mol. The maximum absolute atomic E-state index is 9.00. The van der Waals surface area contributed by atoms with Crippen LogP contribution in [-0.4, -0.2) is 69.1 Å². The molecule has 1 saturated carbocycles. The minimum atomic E-state index is 0.179. The molecule has 1 aliphatic heterocycles. The van der Waals surface area contributed by atoms with Crippen molar-refractivity contribution < 1.29 is 14.6 Å². The van der Waals surface area contributed by atoms with E-state index in [1.54, 1.807) is 0 Å². The molecule has 2 fully saturated rings. The fourth-order valence-corrected chi connectivity index (χ4v) is 5.59. The fraction of sp³-hybridized carbons (Fsp3) is 0.448. The van der Waals surface area contributed by atoms with Crippen molar-refractivity contribution in [3.63, 3.8) is 0 Å². The molecule has 1 N–H and O–H groups in total. The van der Waals surface area contributed by atoms with Gasteiger partial charge in [-0.1, -0.05) is 12.1 Å². The third kappa shape index (κ3) is 4.71. The number of fused-ring (bicyclic) bond motifs is 3. The maximum atomic E-state index is 9.00. The van der Waals surface area contributed by atoms with Crippen molar-refractivity contribution in [2.45, 2.75) is 50.4 Å². The largest absolute Gasteiger partial charge is 0.474 e. The van der Waals surface area contributed by atoms with E-state index in [9.17, 15) is 0 Å². The summed E-state index contributed by atoms with van der Waals surface area (Å²) in [6.45, 7) is 3.40. The van der Waals surface area contributed by atoms with Crippen LogP contribution in [0.3, 0.4) is 0 Å². The molecule has 4 aromatic rings. The molecule has 7 heteroatoms. The highest BCUT2D eigenvalue weighted by Crippen LogP contribution is 2.33. The molecule has 6 rings (SSSR count). The first kappa shape index (κ1) is 23.4. The molecule has 3 aromatic heterocycles. The monoisotopic (exact) mass is 486 g/mol. The van der Waals surface area contributed by atoms with Crippen LogP contribution in [0, 0.1) is 0 Å². The Bertz CT molecular complexity index is 1320. The summed E-state index contributed by atoms with van der Waals surface area (Å²) >= 11 is 0. The quantitative estimate of drug-likeness (QED) is 0.394. The number of aromatic nitrogens is 3. The lowest BCUT2D eigenvalue weighted by Gasteiger charge is -2.39. The molecule has 0 atom stereocenters. The zero-order valence-electron chi connectivity index (χ0n) is 20.8. The average molecular weight is 487 g/mol. The van der Waals surface area contributed by atoms with Crippen LogP contribution >= 0.6 is 0 Å². The predicted molar refractivity (Wildman–Crippen MR) is 141 cm³/mol. The topological polar surface area (TPSA) is 72.6 Å². The van der Waals surface area contributed by atoms with Crippen LogP contribution in [0.2, 0.25) is 0 Å². The van der Waals surface area contributed by atoms with E-state index in [-0.39, 0.29) is 12.7 Å². The number of ether oxygens (including phenoxy) is 2. The van der Waals surface area contributed by atoms with E-state index in [2.05, 4.69) is 56.8 Å². The molecule has 1 aromatic carbocycles. The van der Waals surface area contributed by atoms with Crippen LogP contribution in [-0.2, 0) is 11.8 Å². The lowest BCUT2D eigenvalue weighted by molar-refractivity contribution is -0.111. The number of piperidine rings is 1. The van der Waals surface area contributed by atoms with Gasteiger partial charge in [-0.2, -0.15) is 0 Å². The van der Waals surface area contributed by atoms with Gasteiger partial charge in [-0.05, 0) is 43.0 Å². The summed E-state index contributed by atoms with van der Waals surface area (Å²) in [6, 6.07) is 12.7. The summed E-state index contributed by atoms with van der Waals surface area (Å²) in [5.74, 6) is 0.677. The first-order valence-corrected chi connectivity index (χ1v) is 13.1. The van der Waals surface area contributed by atoms with E-state index >= 15 is 0 Å². The molecule has 0 radical (unpaired) electrons. The standard InChI is InChI=1S/C29H34N4O3/c1-32-27-7-10-30-19-26(27)25-5-3-20(15-28(25)32)21-4-6-29(31-18-21)36-24-16-23(17-24)35-22-8-12-33(13-9-22)11-2-14-34/h3-7,10,15,18-19,22-24,34H,2,8-9,11-14,16-17H2,1H3/t23-,24-. The van der Waals surface area contributed by atoms with Crippen LogP contribution in [0.1, 0.15) is 32.1 Å². The number of hydrogen-bond donors (Lipinski definition) is 1. The third-order valence-corrected chi connectivity index (χ3v) is 7.77. The van der Waals surface area contributed by atoms with Gasteiger partial charge in [-0.15, -0.1) is 0 Å². The van der Waals surface area contributed by atoms with Crippen molar-refractivity contribution in [3.8, 4) is 17.0 Å². The Hall–Kier alpha value is -3.00. The molecule has 0 spiro atoms. The van der Waals surface area contributed by atoms with Gasteiger partial charge in [-0.3, -0.25) is 4.98 Å². The Morgan fingerprint density at radius 1 is 0.917 bits per heavy atom. The summed E-state index contributed by atoms with van der Waals surface area (Å²) < 4.78 is 14.6. The molecule has 36 heavy (non-hydrogen) atoms. The number of aliphatic hydroxyl groups excluding tert-OH is 1. The summed E-state index contributed by atoms with van der Waals surface area (Å²) in [7, 11) is 2.10. The molecule has 0 amide bonds. The number of pyridine rings is 2. The van der Waals surface area contributed by atoms with Crippen LogP contribution in [0.4, 0.5) is 0 Å². The second-order valence-corrected chi connectivity index (χ2v) is 10.2. The number of aliphatic hydroxyl groups is 1. The normalized spacial score (nSPS) is 21.2.